The van der Waals surface area contributed by atoms with E-state index in [-0.39, 0.29) is 58.0 Å². The molecule has 2 aromatic heterocycles. The molecule has 0 amide bonds. The zero-order chi connectivity index (χ0) is 38.0. The topological polar surface area (TPSA) is 83.8 Å². The van der Waals surface area contributed by atoms with E-state index < -0.39 is 31.4 Å². The number of nitrogens with zero attached hydrogens (tertiary/aromatic N) is 5. The average molecular weight is 746 g/mol. The highest BCUT2D eigenvalue weighted by Crippen LogP contribution is 2.45. The fourth-order valence-corrected chi connectivity index (χ4v) is 14.6. The SMILES string of the molecule is COc1nc(-c2cc(O)cc3ccc(F)c(C#C[Si](C(C)C)(C(C)C)C(C)C)c23)c(F)c2nc(OC[C@@]34CCCN3C[C@H](F)C4)nc(N(C)C3CC3)c12. The number of benzene rings is 2. The van der Waals surface area contributed by atoms with Crippen LogP contribution in [0.2, 0.25) is 16.6 Å². The zero-order valence-corrected chi connectivity index (χ0v) is 33.0. The summed E-state index contributed by atoms with van der Waals surface area (Å²) in [5.74, 6) is 2.27. The van der Waals surface area contributed by atoms with E-state index in [0.717, 1.165) is 32.2 Å². The number of rotatable bonds is 10. The van der Waals surface area contributed by atoms with Crippen molar-refractivity contribution in [3.63, 3.8) is 0 Å². The Morgan fingerprint density at radius 3 is 2.42 bits per heavy atom. The van der Waals surface area contributed by atoms with E-state index in [2.05, 4.69) is 62.9 Å². The van der Waals surface area contributed by atoms with Gasteiger partial charge in [-0.25, -0.2) is 18.2 Å². The van der Waals surface area contributed by atoms with Gasteiger partial charge >= 0.3 is 6.01 Å². The molecule has 1 N–H and O–H groups in total. The molecule has 12 heteroatoms. The van der Waals surface area contributed by atoms with Crippen LogP contribution in [0.3, 0.4) is 0 Å². The van der Waals surface area contributed by atoms with Crippen LogP contribution in [0, 0.1) is 23.1 Å². The van der Waals surface area contributed by atoms with E-state index in [1.165, 1.54) is 25.3 Å². The van der Waals surface area contributed by atoms with Crippen molar-refractivity contribution < 1.29 is 27.8 Å². The van der Waals surface area contributed by atoms with Gasteiger partial charge in [0.05, 0.1) is 18.2 Å². The summed E-state index contributed by atoms with van der Waals surface area (Å²) in [6.45, 7) is 14.5. The van der Waals surface area contributed by atoms with Crippen LogP contribution in [0.5, 0.6) is 17.6 Å². The Balaban J connectivity index is 1.44. The van der Waals surface area contributed by atoms with Gasteiger partial charge in [-0.1, -0.05) is 53.5 Å². The number of alkyl halides is 1. The molecule has 8 nitrogen and oxygen atoms in total. The number of aromatic hydroxyl groups is 1. The predicted octanol–water partition coefficient (Wildman–Crippen LogP) is 8.96. The summed E-state index contributed by atoms with van der Waals surface area (Å²) in [6.07, 6.45) is 3.08. The van der Waals surface area contributed by atoms with E-state index in [0.29, 0.717) is 46.2 Å². The van der Waals surface area contributed by atoms with Crippen molar-refractivity contribution in [1.82, 2.24) is 19.9 Å². The van der Waals surface area contributed by atoms with Crippen LogP contribution in [0.4, 0.5) is 19.0 Å². The molecule has 2 aromatic carbocycles. The lowest BCUT2D eigenvalue weighted by Crippen LogP contribution is -2.43. The first-order valence-electron chi connectivity index (χ1n) is 18.9. The number of fused-ring (bicyclic) bond motifs is 3. The fourth-order valence-electron chi connectivity index (χ4n) is 9.37. The fraction of sp³-hybridized carbons (Fsp3) is 0.537. The highest BCUT2D eigenvalue weighted by atomic mass is 28.3. The van der Waals surface area contributed by atoms with Crippen LogP contribution in [-0.4, -0.2) is 84.6 Å². The number of hydrogen-bond acceptors (Lipinski definition) is 8. The Labute approximate surface area is 311 Å². The van der Waals surface area contributed by atoms with Crippen molar-refractivity contribution in [3.05, 3.63) is 41.5 Å². The number of methoxy groups -OCH3 is 1. The highest BCUT2D eigenvalue weighted by Gasteiger charge is 2.49. The van der Waals surface area contributed by atoms with E-state index in [1.54, 1.807) is 6.07 Å². The molecular weight excluding hydrogens is 696 g/mol. The summed E-state index contributed by atoms with van der Waals surface area (Å²) < 4.78 is 60.1. The van der Waals surface area contributed by atoms with E-state index in [9.17, 15) is 9.50 Å². The van der Waals surface area contributed by atoms with Crippen LogP contribution < -0.4 is 14.4 Å². The number of ether oxygens (including phenoxy) is 2. The standard InChI is InChI=1S/C41H50F3N5O3Si/c1-23(2)53(24(3)4,25(5)6)17-14-30-32(43)13-10-26-18-29(50)19-31(33(26)30)36-35(44)37-34(39(45-36)51-8)38(48(7)28-11-12-28)47-40(46-37)52-22-41-15-9-16-49(41)21-27(42)20-41/h10,13,18-19,23-25,27-28,50H,9,11-12,15-16,20-22H2,1-8H3/t27-,41+/m1/s1. The molecule has 4 aromatic rings. The quantitative estimate of drug-likeness (QED) is 0.127. The van der Waals surface area contributed by atoms with Crippen molar-refractivity contribution in [2.75, 3.05) is 38.8 Å². The van der Waals surface area contributed by atoms with Crippen LogP contribution in [0.15, 0.2) is 24.3 Å². The van der Waals surface area contributed by atoms with Gasteiger partial charge < -0.3 is 19.5 Å². The molecule has 0 radical (unpaired) electrons. The highest BCUT2D eigenvalue weighted by molar-refractivity contribution is 6.90. The number of phenolic OH excluding ortho intramolecular Hbond substituents is 1. The Hall–Kier alpha value is -4.08. The Morgan fingerprint density at radius 1 is 1.04 bits per heavy atom. The Morgan fingerprint density at radius 2 is 1.75 bits per heavy atom. The molecule has 1 aliphatic carbocycles. The summed E-state index contributed by atoms with van der Waals surface area (Å²) in [4.78, 5) is 18.2. The molecular formula is C41H50F3N5O3Si. The maximum atomic E-state index is 17.4. The van der Waals surface area contributed by atoms with Gasteiger partial charge in [0.1, 0.15) is 54.8 Å². The minimum absolute atomic E-state index is 0.0302. The van der Waals surface area contributed by atoms with Crippen molar-refractivity contribution in [3.8, 4) is 40.4 Å². The van der Waals surface area contributed by atoms with E-state index in [4.69, 9.17) is 19.4 Å². The molecule has 7 rings (SSSR count). The van der Waals surface area contributed by atoms with Crippen molar-refractivity contribution in [2.24, 2.45) is 0 Å². The van der Waals surface area contributed by atoms with Crippen LogP contribution in [-0.2, 0) is 0 Å². The normalized spacial score (nSPS) is 20.5. The largest absolute Gasteiger partial charge is 0.508 e. The number of pyridine rings is 1. The smallest absolute Gasteiger partial charge is 0.319 e. The molecule has 0 unspecified atom stereocenters. The van der Waals surface area contributed by atoms with E-state index in [1.807, 2.05) is 11.9 Å². The number of hydrogen-bond donors (Lipinski definition) is 1. The third-order valence-electron chi connectivity index (χ3n) is 12.1. The number of phenols is 1. The Bertz CT molecular complexity index is 2110. The molecule has 282 valence electrons. The molecule has 2 aliphatic heterocycles. The lowest BCUT2D eigenvalue weighted by molar-refractivity contribution is 0.107. The summed E-state index contributed by atoms with van der Waals surface area (Å²) in [5.41, 5.74) is 4.11. The van der Waals surface area contributed by atoms with E-state index >= 15 is 8.78 Å². The lowest BCUT2D eigenvalue weighted by Gasteiger charge is -2.38. The summed E-state index contributed by atoms with van der Waals surface area (Å²) in [6, 6.07) is 5.96. The average Bonchev–Trinajstić information content (AvgIpc) is 3.82. The maximum Gasteiger partial charge on any atom is 0.319 e. The van der Waals surface area contributed by atoms with Gasteiger partial charge in [0, 0.05) is 37.0 Å². The first kappa shape index (κ1) is 37.2. The second-order valence-electron chi connectivity index (χ2n) is 16.2. The van der Waals surface area contributed by atoms with Crippen LogP contribution >= 0.6 is 0 Å². The monoisotopic (exact) mass is 745 g/mol. The van der Waals surface area contributed by atoms with Gasteiger partial charge in [0.15, 0.2) is 5.82 Å². The summed E-state index contributed by atoms with van der Waals surface area (Å²) in [7, 11) is 1.04. The number of aromatic nitrogens is 3. The third kappa shape index (κ3) is 6.37. The van der Waals surface area contributed by atoms with Gasteiger partial charge in [-0.05, 0) is 72.4 Å². The molecule has 2 atom stereocenters. The Kier molecular flexibility index (Phi) is 9.81. The van der Waals surface area contributed by atoms with Gasteiger partial charge in [0.25, 0.3) is 0 Å². The van der Waals surface area contributed by atoms with Crippen LogP contribution in [0.1, 0.15) is 79.2 Å². The second kappa shape index (κ2) is 14.0. The summed E-state index contributed by atoms with van der Waals surface area (Å²) >= 11 is 0. The minimum Gasteiger partial charge on any atom is -0.508 e. The first-order chi connectivity index (χ1) is 25.2. The molecule has 0 bridgehead atoms. The number of halogens is 3. The molecule has 1 saturated carbocycles. The lowest BCUT2D eigenvalue weighted by atomic mass is 9.95. The van der Waals surface area contributed by atoms with Gasteiger partial charge in [-0.15, -0.1) is 5.54 Å². The van der Waals surface area contributed by atoms with Gasteiger partial charge in [-0.2, -0.15) is 9.97 Å². The van der Waals surface area contributed by atoms with Gasteiger partial charge in [-0.3, -0.25) is 4.90 Å². The minimum atomic E-state index is -2.29. The van der Waals surface area contributed by atoms with Crippen molar-refractivity contribution in [1.29, 1.82) is 0 Å². The zero-order valence-electron chi connectivity index (χ0n) is 32.0. The van der Waals surface area contributed by atoms with Crippen molar-refractivity contribution >= 4 is 35.6 Å². The third-order valence-corrected chi connectivity index (χ3v) is 18.4. The molecule has 3 aliphatic rings. The first-order valence-corrected chi connectivity index (χ1v) is 21.1. The molecule has 3 fully saturated rings. The summed E-state index contributed by atoms with van der Waals surface area (Å²) in [5, 5.41) is 12.1. The van der Waals surface area contributed by atoms with Gasteiger partial charge in [0.2, 0.25) is 5.88 Å². The molecule has 0 spiro atoms. The maximum absolute atomic E-state index is 17.4. The molecule has 53 heavy (non-hydrogen) atoms. The number of anilines is 1. The van der Waals surface area contributed by atoms with Crippen molar-refractivity contribution in [2.45, 2.75) is 108 Å². The molecule has 4 heterocycles. The second-order valence-corrected chi connectivity index (χ2v) is 21.8. The predicted molar refractivity (Wildman–Crippen MR) is 206 cm³/mol. The molecule has 2 saturated heterocycles. The van der Waals surface area contributed by atoms with Crippen LogP contribution in [0.25, 0.3) is 32.9 Å².